The van der Waals surface area contributed by atoms with Crippen LogP contribution in [0.25, 0.3) is 0 Å². The lowest BCUT2D eigenvalue weighted by Crippen LogP contribution is -2.46. The summed E-state index contributed by atoms with van der Waals surface area (Å²) in [6, 6.07) is -1.77. The van der Waals surface area contributed by atoms with Crippen molar-refractivity contribution in [2.75, 3.05) is 6.54 Å². The molecule has 1 aromatic heterocycles. The predicted molar refractivity (Wildman–Crippen MR) is 72.6 cm³/mol. The summed E-state index contributed by atoms with van der Waals surface area (Å²) in [4.78, 5) is 28.6. The van der Waals surface area contributed by atoms with Crippen LogP contribution in [-0.2, 0) is 4.79 Å². The second-order valence-electron chi connectivity index (χ2n) is 4.89. The Balaban J connectivity index is 2.02. The molecule has 0 radical (unpaired) electrons. The number of β-amino-alcohol motifs (C(OH)–C–C–N with tert-alkyl or cyclic N) is 1. The van der Waals surface area contributed by atoms with Crippen LogP contribution < -0.4 is 5.32 Å². The van der Waals surface area contributed by atoms with Crippen molar-refractivity contribution in [3.63, 3.8) is 0 Å². The van der Waals surface area contributed by atoms with Crippen molar-refractivity contribution < 1.29 is 19.8 Å². The Morgan fingerprint density at radius 1 is 1.60 bits per heavy atom. The number of aliphatic hydroxyl groups excluding tert-OH is 1. The molecule has 3 atom stereocenters. The molecule has 1 aliphatic rings. The number of hydrogen-bond donors (Lipinski definition) is 3. The number of thiazole rings is 1. The number of urea groups is 1. The minimum Gasteiger partial charge on any atom is -0.480 e. The molecule has 1 aromatic rings. The molecule has 0 saturated carbocycles. The van der Waals surface area contributed by atoms with Gasteiger partial charge >= 0.3 is 12.0 Å². The molecule has 1 saturated heterocycles. The quantitative estimate of drug-likeness (QED) is 0.764. The predicted octanol–water partition coefficient (Wildman–Crippen LogP) is 0.742. The maximum atomic E-state index is 12.1. The summed E-state index contributed by atoms with van der Waals surface area (Å²) in [5.74, 6) is -1.10. The second kappa shape index (κ2) is 5.76. The molecule has 0 aromatic carbocycles. The molecule has 2 amide bonds. The number of rotatable bonds is 3. The van der Waals surface area contributed by atoms with Crippen LogP contribution in [0.3, 0.4) is 0 Å². The fourth-order valence-electron chi connectivity index (χ4n) is 2.17. The van der Waals surface area contributed by atoms with Crippen LogP contribution in [0, 0.1) is 6.92 Å². The van der Waals surface area contributed by atoms with E-state index in [-0.39, 0.29) is 19.0 Å². The van der Waals surface area contributed by atoms with Gasteiger partial charge in [0.2, 0.25) is 0 Å². The van der Waals surface area contributed by atoms with Crippen LogP contribution in [0.5, 0.6) is 0 Å². The lowest BCUT2D eigenvalue weighted by atomic mass is 10.2. The number of aliphatic carboxylic acids is 1. The molecule has 110 valence electrons. The van der Waals surface area contributed by atoms with Gasteiger partial charge in [-0.25, -0.2) is 14.6 Å². The van der Waals surface area contributed by atoms with E-state index in [1.54, 1.807) is 6.92 Å². The number of aliphatic hydroxyl groups is 1. The third-order valence-corrected chi connectivity index (χ3v) is 4.32. The standard InChI is InChI=1S/C12H17N3O4S/c1-6-5-20-10(13-6)7(2)14-12(19)15-4-8(16)3-9(15)11(17)18/h5,7-9,16H,3-4H2,1-2H3,(H,14,19)(H,17,18)/t7?,8-,9-/m1/s1. The van der Waals surface area contributed by atoms with Crippen molar-refractivity contribution in [3.8, 4) is 0 Å². The van der Waals surface area contributed by atoms with Gasteiger partial charge in [0, 0.05) is 24.0 Å². The van der Waals surface area contributed by atoms with Crippen LogP contribution in [-0.4, -0.2) is 50.8 Å². The average Bonchev–Trinajstić information content (AvgIpc) is 2.95. The smallest absolute Gasteiger partial charge is 0.326 e. The molecular weight excluding hydrogens is 282 g/mol. The van der Waals surface area contributed by atoms with Crippen molar-refractivity contribution in [3.05, 3.63) is 16.1 Å². The Bertz CT molecular complexity index is 519. The highest BCUT2D eigenvalue weighted by Gasteiger charge is 2.39. The minimum atomic E-state index is -1.10. The first-order chi connectivity index (χ1) is 9.38. The molecule has 0 bridgehead atoms. The number of carboxylic acid groups (broad SMARTS) is 1. The number of amides is 2. The number of likely N-dealkylation sites (tertiary alicyclic amines) is 1. The van der Waals surface area contributed by atoms with E-state index in [0.29, 0.717) is 0 Å². The van der Waals surface area contributed by atoms with Gasteiger partial charge in [0.15, 0.2) is 0 Å². The summed E-state index contributed by atoms with van der Waals surface area (Å²) < 4.78 is 0. The zero-order valence-corrected chi connectivity index (χ0v) is 12.1. The fourth-order valence-corrected chi connectivity index (χ4v) is 2.98. The number of carbonyl (C=O) groups excluding carboxylic acids is 1. The van der Waals surface area contributed by atoms with Crippen molar-refractivity contribution in [2.24, 2.45) is 0 Å². The third-order valence-electron chi connectivity index (χ3n) is 3.17. The summed E-state index contributed by atoms with van der Waals surface area (Å²) in [6.45, 7) is 3.69. The molecule has 0 spiro atoms. The lowest BCUT2D eigenvalue weighted by Gasteiger charge is -2.23. The van der Waals surface area contributed by atoms with E-state index in [1.807, 2.05) is 12.3 Å². The van der Waals surface area contributed by atoms with Gasteiger partial charge in [-0.1, -0.05) is 0 Å². The average molecular weight is 299 g/mol. The second-order valence-corrected chi connectivity index (χ2v) is 5.78. The number of carboxylic acids is 1. The summed E-state index contributed by atoms with van der Waals surface area (Å²) in [5, 5.41) is 24.0. The normalized spacial score (nSPS) is 23.6. The van der Waals surface area contributed by atoms with Crippen molar-refractivity contribution in [1.29, 1.82) is 0 Å². The van der Waals surface area contributed by atoms with E-state index in [2.05, 4.69) is 10.3 Å². The summed E-state index contributed by atoms with van der Waals surface area (Å²) in [7, 11) is 0. The van der Waals surface area contributed by atoms with Crippen molar-refractivity contribution in [2.45, 2.75) is 38.5 Å². The number of aryl methyl sites for hydroxylation is 1. The highest BCUT2D eigenvalue weighted by molar-refractivity contribution is 7.09. The first kappa shape index (κ1) is 14.7. The fraction of sp³-hybridized carbons (Fsp3) is 0.583. The molecule has 1 fully saturated rings. The maximum absolute atomic E-state index is 12.1. The van der Waals surface area contributed by atoms with Crippen LogP contribution in [0.15, 0.2) is 5.38 Å². The van der Waals surface area contributed by atoms with Crippen molar-refractivity contribution in [1.82, 2.24) is 15.2 Å². The van der Waals surface area contributed by atoms with E-state index < -0.39 is 24.1 Å². The molecular formula is C12H17N3O4S. The lowest BCUT2D eigenvalue weighted by molar-refractivity contribution is -0.141. The highest BCUT2D eigenvalue weighted by Crippen LogP contribution is 2.21. The van der Waals surface area contributed by atoms with Gasteiger partial charge in [-0.05, 0) is 13.8 Å². The van der Waals surface area contributed by atoms with E-state index in [1.165, 1.54) is 11.3 Å². The summed E-state index contributed by atoms with van der Waals surface area (Å²) in [5.41, 5.74) is 0.881. The Morgan fingerprint density at radius 2 is 2.30 bits per heavy atom. The van der Waals surface area contributed by atoms with Gasteiger partial charge in [-0.3, -0.25) is 0 Å². The topological polar surface area (TPSA) is 103 Å². The van der Waals surface area contributed by atoms with Crippen molar-refractivity contribution >= 4 is 23.3 Å². The van der Waals surface area contributed by atoms with Gasteiger partial charge in [-0.15, -0.1) is 11.3 Å². The van der Waals surface area contributed by atoms with E-state index in [4.69, 9.17) is 5.11 Å². The molecule has 1 aliphatic heterocycles. The molecule has 2 rings (SSSR count). The largest absolute Gasteiger partial charge is 0.480 e. The molecule has 0 aliphatic carbocycles. The summed E-state index contributed by atoms with van der Waals surface area (Å²) >= 11 is 1.44. The zero-order valence-electron chi connectivity index (χ0n) is 11.2. The van der Waals surface area contributed by atoms with Crippen LogP contribution >= 0.6 is 11.3 Å². The molecule has 8 heteroatoms. The Hall–Kier alpha value is -1.67. The van der Waals surface area contributed by atoms with Crippen LogP contribution in [0.2, 0.25) is 0 Å². The number of nitrogens with one attached hydrogen (secondary N) is 1. The van der Waals surface area contributed by atoms with Gasteiger partial charge in [0.05, 0.1) is 12.1 Å². The number of hydrogen-bond acceptors (Lipinski definition) is 5. The molecule has 2 heterocycles. The monoisotopic (exact) mass is 299 g/mol. The van der Waals surface area contributed by atoms with Gasteiger partial charge in [-0.2, -0.15) is 0 Å². The van der Waals surface area contributed by atoms with Gasteiger partial charge in [0.25, 0.3) is 0 Å². The summed E-state index contributed by atoms with van der Waals surface area (Å²) in [6.07, 6.45) is -0.729. The molecule has 1 unspecified atom stereocenters. The van der Waals surface area contributed by atoms with Crippen LogP contribution in [0.4, 0.5) is 4.79 Å². The maximum Gasteiger partial charge on any atom is 0.326 e. The molecule has 3 N–H and O–H groups in total. The van der Waals surface area contributed by atoms with Gasteiger partial charge < -0.3 is 20.4 Å². The number of nitrogens with zero attached hydrogens (tertiary/aromatic N) is 2. The van der Waals surface area contributed by atoms with Gasteiger partial charge in [0.1, 0.15) is 11.0 Å². The van der Waals surface area contributed by atoms with E-state index in [0.717, 1.165) is 15.6 Å². The van der Waals surface area contributed by atoms with Crippen LogP contribution in [0.1, 0.15) is 30.1 Å². The SMILES string of the molecule is Cc1csc(C(C)NC(=O)N2C[C@H](O)C[C@@H]2C(=O)O)n1. The number of aromatic nitrogens is 1. The first-order valence-corrected chi connectivity index (χ1v) is 7.16. The minimum absolute atomic E-state index is 0.0341. The third kappa shape index (κ3) is 3.07. The zero-order chi connectivity index (χ0) is 14.9. The first-order valence-electron chi connectivity index (χ1n) is 6.28. The van der Waals surface area contributed by atoms with E-state index >= 15 is 0 Å². The highest BCUT2D eigenvalue weighted by atomic mass is 32.1. The Morgan fingerprint density at radius 3 is 2.85 bits per heavy atom. The Kier molecular flexibility index (Phi) is 4.24. The number of carbonyl (C=O) groups is 2. The Labute approximate surface area is 120 Å². The molecule has 20 heavy (non-hydrogen) atoms. The molecule has 7 nitrogen and oxygen atoms in total. The van der Waals surface area contributed by atoms with E-state index in [9.17, 15) is 14.7 Å².